The fourth-order valence-corrected chi connectivity index (χ4v) is 2.27. The molecule has 2 heterocycles. The van der Waals surface area contributed by atoms with Crippen LogP contribution in [0.4, 0.5) is 0 Å². The second-order valence-electron chi connectivity index (χ2n) is 6.88. The highest BCUT2D eigenvalue weighted by Gasteiger charge is 2.24. The number of furan rings is 1. The maximum atomic E-state index is 6.02. The third kappa shape index (κ3) is 3.75. The van der Waals surface area contributed by atoms with Crippen molar-refractivity contribution in [1.29, 1.82) is 0 Å². The average Bonchev–Trinajstić information content (AvgIpc) is 2.98. The van der Waals surface area contributed by atoms with Crippen molar-refractivity contribution in [3.8, 4) is 0 Å². The molecule has 0 aromatic carbocycles. The molecule has 2 aromatic heterocycles. The molecule has 20 heavy (non-hydrogen) atoms. The Hall–Kier alpha value is -1.51. The zero-order valence-corrected chi connectivity index (χ0v) is 13.1. The molecule has 0 radical (unpaired) electrons. The summed E-state index contributed by atoms with van der Waals surface area (Å²) < 4.78 is 11.0. The minimum atomic E-state index is 0.224. The van der Waals surface area contributed by atoms with E-state index in [4.69, 9.17) is 8.83 Å². The molecule has 0 saturated heterocycles. The van der Waals surface area contributed by atoms with Crippen molar-refractivity contribution in [3.05, 3.63) is 42.0 Å². The van der Waals surface area contributed by atoms with Crippen LogP contribution in [-0.2, 0) is 12.8 Å². The first-order chi connectivity index (χ1) is 9.36. The summed E-state index contributed by atoms with van der Waals surface area (Å²) in [6.45, 7) is 11.2. The maximum absolute atomic E-state index is 6.02. The molecule has 0 bridgehead atoms. The molecule has 0 aliphatic rings. The van der Waals surface area contributed by atoms with E-state index in [0.29, 0.717) is 11.8 Å². The minimum Gasteiger partial charge on any atom is -0.466 e. The summed E-state index contributed by atoms with van der Waals surface area (Å²) in [5.74, 6) is 3.05. The monoisotopic (exact) mass is 275 g/mol. The molecule has 2 aromatic rings. The Morgan fingerprint density at radius 3 is 2.50 bits per heavy atom. The van der Waals surface area contributed by atoms with E-state index in [-0.39, 0.29) is 5.41 Å². The summed E-state index contributed by atoms with van der Waals surface area (Å²) >= 11 is 0. The zero-order chi connectivity index (χ0) is 14.8. The lowest BCUT2D eigenvalue weighted by Crippen LogP contribution is -2.14. The zero-order valence-electron chi connectivity index (χ0n) is 13.1. The van der Waals surface area contributed by atoms with Crippen LogP contribution < -0.4 is 0 Å². The van der Waals surface area contributed by atoms with Gasteiger partial charge in [0, 0.05) is 12.3 Å². The van der Waals surface area contributed by atoms with E-state index in [2.05, 4.69) is 51.7 Å². The highest BCUT2D eigenvalue weighted by molar-refractivity contribution is 5.13. The Morgan fingerprint density at radius 1 is 1.15 bits per heavy atom. The van der Waals surface area contributed by atoms with Gasteiger partial charge in [-0.05, 0) is 29.9 Å². The Balaban J connectivity index is 1.95. The van der Waals surface area contributed by atoms with Crippen LogP contribution in [0.1, 0.15) is 57.8 Å². The van der Waals surface area contributed by atoms with Crippen molar-refractivity contribution in [1.82, 2.24) is 4.98 Å². The third-order valence-electron chi connectivity index (χ3n) is 4.00. The molecule has 0 amide bonds. The molecule has 0 spiro atoms. The molecule has 3 nitrogen and oxygen atoms in total. The fourth-order valence-electron chi connectivity index (χ4n) is 2.27. The molecule has 3 heteroatoms. The maximum Gasteiger partial charge on any atom is 0.180 e. The number of aromatic nitrogens is 1. The minimum absolute atomic E-state index is 0.224. The van der Waals surface area contributed by atoms with E-state index in [1.54, 1.807) is 6.26 Å². The van der Waals surface area contributed by atoms with Gasteiger partial charge in [-0.2, -0.15) is 0 Å². The summed E-state index contributed by atoms with van der Waals surface area (Å²) in [5, 5.41) is 0. The predicted molar refractivity (Wildman–Crippen MR) is 79.7 cm³/mol. The van der Waals surface area contributed by atoms with Gasteiger partial charge in [-0.3, -0.25) is 0 Å². The predicted octanol–water partition coefficient (Wildman–Crippen LogP) is 4.84. The molecule has 0 aliphatic carbocycles. The Labute approximate surface area is 121 Å². The molecule has 2 unspecified atom stereocenters. The molecular formula is C17H25NO2. The number of hydrogen-bond donors (Lipinski definition) is 0. The number of rotatable bonds is 5. The molecule has 2 atom stereocenters. The standard InChI is InChI=1S/C17H25NO2/c1-12(8-14-10-19-11-18-14)9-15-6-7-16(20-15)13(2)17(3,4)5/h6-7,10-13H,8-9H2,1-5H3. The van der Waals surface area contributed by atoms with Gasteiger partial charge < -0.3 is 8.83 Å². The van der Waals surface area contributed by atoms with E-state index in [1.165, 1.54) is 6.39 Å². The van der Waals surface area contributed by atoms with Crippen LogP contribution in [0, 0.1) is 11.3 Å². The quantitative estimate of drug-likeness (QED) is 0.784. The van der Waals surface area contributed by atoms with E-state index in [9.17, 15) is 0 Å². The molecular weight excluding hydrogens is 250 g/mol. The average molecular weight is 275 g/mol. The van der Waals surface area contributed by atoms with Crippen molar-refractivity contribution in [3.63, 3.8) is 0 Å². The number of hydrogen-bond acceptors (Lipinski definition) is 3. The summed E-state index contributed by atoms with van der Waals surface area (Å²) in [4.78, 5) is 4.17. The molecule has 2 rings (SSSR count). The lowest BCUT2D eigenvalue weighted by atomic mass is 9.81. The second-order valence-corrected chi connectivity index (χ2v) is 6.88. The van der Waals surface area contributed by atoms with Gasteiger partial charge in [0.2, 0.25) is 0 Å². The lowest BCUT2D eigenvalue weighted by Gasteiger charge is -2.25. The molecule has 0 saturated carbocycles. The highest BCUT2D eigenvalue weighted by Crippen LogP contribution is 2.35. The Morgan fingerprint density at radius 2 is 1.90 bits per heavy atom. The van der Waals surface area contributed by atoms with Gasteiger partial charge >= 0.3 is 0 Å². The largest absolute Gasteiger partial charge is 0.466 e. The molecule has 110 valence electrons. The van der Waals surface area contributed by atoms with Crippen LogP contribution in [-0.4, -0.2) is 4.98 Å². The van der Waals surface area contributed by atoms with Crippen molar-refractivity contribution in [2.75, 3.05) is 0 Å². The number of oxazole rings is 1. The SMILES string of the molecule is CC(Cc1cocn1)Cc1ccc(C(C)C(C)(C)C)o1. The van der Waals surface area contributed by atoms with E-state index >= 15 is 0 Å². The first-order valence-electron chi connectivity index (χ1n) is 7.32. The van der Waals surface area contributed by atoms with Crippen molar-refractivity contribution >= 4 is 0 Å². The van der Waals surface area contributed by atoms with Crippen molar-refractivity contribution < 1.29 is 8.83 Å². The first kappa shape index (κ1) is 14.9. The third-order valence-corrected chi connectivity index (χ3v) is 4.00. The van der Waals surface area contributed by atoms with Crippen LogP contribution in [0.5, 0.6) is 0 Å². The van der Waals surface area contributed by atoms with Crippen LogP contribution in [0.3, 0.4) is 0 Å². The van der Waals surface area contributed by atoms with Crippen LogP contribution in [0.15, 0.2) is 33.6 Å². The van der Waals surface area contributed by atoms with Crippen molar-refractivity contribution in [2.45, 2.75) is 53.4 Å². The second kappa shape index (κ2) is 5.86. The van der Waals surface area contributed by atoms with E-state index in [1.807, 2.05) is 0 Å². The van der Waals surface area contributed by atoms with Crippen molar-refractivity contribution in [2.24, 2.45) is 11.3 Å². The van der Waals surface area contributed by atoms with Gasteiger partial charge in [-0.1, -0.05) is 34.6 Å². The van der Waals surface area contributed by atoms with Gasteiger partial charge in [0.05, 0.1) is 5.69 Å². The van der Waals surface area contributed by atoms with E-state index < -0.39 is 0 Å². The van der Waals surface area contributed by atoms with Crippen LogP contribution in [0.2, 0.25) is 0 Å². The molecule has 0 N–H and O–H groups in total. The van der Waals surface area contributed by atoms with Crippen LogP contribution >= 0.6 is 0 Å². The number of nitrogens with zero attached hydrogens (tertiary/aromatic N) is 1. The summed E-state index contributed by atoms with van der Waals surface area (Å²) in [6.07, 6.45) is 5.05. The molecule has 0 fully saturated rings. The summed E-state index contributed by atoms with van der Waals surface area (Å²) in [5.41, 5.74) is 1.23. The fraction of sp³-hybridized carbons (Fsp3) is 0.588. The summed E-state index contributed by atoms with van der Waals surface area (Å²) in [7, 11) is 0. The Kier molecular flexibility index (Phi) is 4.36. The van der Waals surface area contributed by atoms with Gasteiger partial charge in [-0.15, -0.1) is 0 Å². The lowest BCUT2D eigenvalue weighted by molar-refractivity contribution is 0.288. The van der Waals surface area contributed by atoms with Gasteiger partial charge in [0.1, 0.15) is 17.8 Å². The van der Waals surface area contributed by atoms with Gasteiger partial charge in [-0.25, -0.2) is 4.98 Å². The first-order valence-corrected chi connectivity index (χ1v) is 7.32. The van der Waals surface area contributed by atoms with Gasteiger partial charge in [0.25, 0.3) is 0 Å². The molecule has 0 aliphatic heterocycles. The topological polar surface area (TPSA) is 39.2 Å². The summed E-state index contributed by atoms with van der Waals surface area (Å²) in [6, 6.07) is 4.23. The van der Waals surface area contributed by atoms with Gasteiger partial charge in [0.15, 0.2) is 6.39 Å². The van der Waals surface area contributed by atoms with E-state index in [0.717, 1.165) is 30.1 Å². The highest BCUT2D eigenvalue weighted by atomic mass is 16.3. The van der Waals surface area contributed by atoms with Crippen LogP contribution in [0.25, 0.3) is 0 Å². The normalized spacial score (nSPS) is 15.2. The smallest absolute Gasteiger partial charge is 0.180 e. The Bertz CT molecular complexity index is 519.